The zero-order chi connectivity index (χ0) is 19.5. The average molecular weight is 403 g/mol. The van der Waals surface area contributed by atoms with Crippen LogP contribution in [-0.4, -0.2) is 56.2 Å². The average Bonchev–Trinajstić information content (AvgIpc) is 3.17. The molecule has 2 heterocycles. The van der Waals surface area contributed by atoms with E-state index >= 15 is 0 Å². The Bertz CT molecular complexity index is 897. The summed E-state index contributed by atoms with van der Waals surface area (Å²) >= 11 is 6.08. The number of fused-ring (bicyclic) bond motifs is 1. The highest BCUT2D eigenvalue weighted by molar-refractivity contribution is 6.33. The van der Waals surface area contributed by atoms with Crippen LogP contribution in [0.2, 0.25) is 5.02 Å². The molecule has 2 aromatic rings. The second-order valence-electron chi connectivity index (χ2n) is 6.82. The summed E-state index contributed by atoms with van der Waals surface area (Å²) in [5, 5.41) is 3.36. The van der Waals surface area contributed by atoms with Crippen LogP contribution >= 0.6 is 11.6 Å². The van der Waals surface area contributed by atoms with E-state index in [2.05, 4.69) is 5.32 Å². The molecule has 2 aliphatic heterocycles. The number of nitrogens with one attached hydrogen (secondary N) is 2. The van der Waals surface area contributed by atoms with Gasteiger partial charge in [-0.1, -0.05) is 23.7 Å². The molecule has 2 aromatic carbocycles. The summed E-state index contributed by atoms with van der Waals surface area (Å²) in [5.41, 5.74) is 1.20. The van der Waals surface area contributed by atoms with Gasteiger partial charge in [0.2, 0.25) is 6.79 Å². The molecule has 0 spiro atoms. The van der Waals surface area contributed by atoms with Gasteiger partial charge in [-0.25, -0.2) is 0 Å². The van der Waals surface area contributed by atoms with Crippen molar-refractivity contribution in [3.63, 3.8) is 0 Å². The lowest BCUT2D eigenvalue weighted by molar-refractivity contribution is -0.895. The Hall–Kier alpha value is -2.77. The number of benzene rings is 2. The van der Waals surface area contributed by atoms with E-state index < -0.39 is 0 Å². The molecular weight excluding hydrogens is 382 g/mol. The first-order chi connectivity index (χ1) is 13.6. The van der Waals surface area contributed by atoms with Gasteiger partial charge in [0.25, 0.3) is 11.8 Å². The molecule has 0 saturated carbocycles. The van der Waals surface area contributed by atoms with Gasteiger partial charge >= 0.3 is 0 Å². The van der Waals surface area contributed by atoms with E-state index in [9.17, 15) is 9.59 Å². The molecule has 0 bridgehead atoms. The quantitative estimate of drug-likeness (QED) is 0.801. The lowest BCUT2D eigenvalue weighted by Crippen LogP contribution is -3.15. The highest BCUT2D eigenvalue weighted by atomic mass is 35.5. The minimum Gasteiger partial charge on any atom is -0.454 e. The molecule has 7 nitrogen and oxygen atoms in total. The topological polar surface area (TPSA) is 72.3 Å². The number of rotatable bonds is 4. The number of para-hydroxylation sites is 1. The zero-order valence-electron chi connectivity index (χ0n) is 15.2. The van der Waals surface area contributed by atoms with Crippen LogP contribution in [0.4, 0.5) is 5.69 Å². The van der Waals surface area contributed by atoms with Crippen LogP contribution in [-0.2, 0) is 4.79 Å². The summed E-state index contributed by atoms with van der Waals surface area (Å²) in [6.45, 7) is 3.16. The van der Waals surface area contributed by atoms with Crippen LogP contribution in [0, 0.1) is 0 Å². The number of ether oxygens (including phenoxy) is 2. The Kier molecular flexibility index (Phi) is 5.36. The van der Waals surface area contributed by atoms with Crippen LogP contribution in [0.5, 0.6) is 11.5 Å². The predicted octanol–water partition coefficient (Wildman–Crippen LogP) is 1.05. The van der Waals surface area contributed by atoms with Gasteiger partial charge in [0, 0.05) is 5.56 Å². The normalized spacial score (nSPS) is 16.1. The summed E-state index contributed by atoms with van der Waals surface area (Å²) < 4.78 is 10.6. The number of quaternary nitrogens is 1. The number of halogens is 1. The molecule has 1 saturated heterocycles. The molecule has 1 fully saturated rings. The smallest absolute Gasteiger partial charge is 0.279 e. The van der Waals surface area contributed by atoms with Crippen LogP contribution in [0.25, 0.3) is 0 Å². The number of hydrogen-bond donors (Lipinski definition) is 2. The van der Waals surface area contributed by atoms with Crippen molar-refractivity contribution >= 4 is 29.1 Å². The molecule has 146 valence electrons. The number of amides is 2. The molecular formula is C20H21ClN3O4+. The molecule has 0 unspecified atom stereocenters. The Morgan fingerprint density at radius 1 is 1.07 bits per heavy atom. The number of hydrogen-bond acceptors (Lipinski definition) is 4. The van der Waals surface area contributed by atoms with E-state index in [0.29, 0.717) is 60.5 Å². The van der Waals surface area contributed by atoms with Gasteiger partial charge < -0.3 is 24.6 Å². The maximum absolute atomic E-state index is 12.7. The number of anilines is 1. The van der Waals surface area contributed by atoms with Crippen molar-refractivity contribution in [1.82, 2.24) is 4.90 Å². The fourth-order valence-electron chi connectivity index (χ4n) is 3.40. The molecule has 0 radical (unpaired) electrons. The second-order valence-corrected chi connectivity index (χ2v) is 7.22. The van der Waals surface area contributed by atoms with Gasteiger partial charge in [-0.05, 0) is 30.3 Å². The molecule has 28 heavy (non-hydrogen) atoms. The highest BCUT2D eigenvalue weighted by Gasteiger charge is 2.27. The Morgan fingerprint density at radius 3 is 2.61 bits per heavy atom. The van der Waals surface area contributed by atoms with Crippen molar-refractivity contribution in [2.75, 3.05) is 44.8 Å². The number of carbonyl (C=O) groups is 2. The number of piperazine rings is 1. The molecule has 2 amide bonds. The van der Waals surface area contributed by atoms with Gasteiger partial charge in [-0.2, -0.15) is 0 Å². The van der Waals surface area contributed by atoms with Gasteiger partial charge in [-0.15, -0.1) is 0 Å². The van der Waals surface area contributed by atoms with E-state index in [4.69, 9.17) is 21.1 Å². The number of nitrogens with zero attached hydrogens (tertiary/aromatic N) is 1. The SMILES string of the molecule is O=C(C[NH+]1CCN(C(=O)c2ccc3c(c2)OCO3)CC1)Nc1ccccc1Cl. The van der Waals surface area contributed by atoms with Crippen molar-refractivity contribution in [2.24, 2.45) is 0 Å². The molecule has 8 heteroatoms. The fraction of sp³-hybridized carbons (Fsp3) is 0.300. The van der Waals surface area contributed by atoms with E-state index in [1.165, 1.54) is 0 Å². The van der Waals surface area contributed by atoms with Crippen molar-refractivity contribution < 1.29 is 24.0 Å². The molecule has 0 atom stereocenters. The molecule has 0 aromatic heterocycles. The van der Waals surface area contributed by atoms with Gasteiger partial charge in [-0.3, -0.25) is 9.59 Å². The maximum atomic E-state index is 12.7. The largest absolute Gasteiger partial charge is 0.454 e. The molecule has 0 aliphatic carbocycles. The standard InChI is InChI=1S/C20H20ClN3O4/c21-15-3-1-2-4-16(15)22-19(25)12-23-7-9-24(10-8-23)20(26)14-5-6-17-18(11-14)28-13-27-17/h1-6,11H,7-10,12-13H2,(H,22,25)/p+1. The summed E-state index contributed by atoms with van der Waals surface area (Å²) in [6, 6.07) is 12.4. The van der Waals surface area contributed by atoms with Crippen molar-refractivity contribution in [2.45, 2.75) is 0 Å². The Balaban J connectivity index is 1.29. The lowest BCUT2D eigenvalue weighted by Gasteiger charge is -2.32. The monoisotopic (exact) mass is 402 g/mol. The van der Waals surface area contributed by atoms with E-state index in [0.717, 1.165) is 4.90 Å². The van der Waals surface area contributed by atoms with Gasteiger partial charge in [0.15, 0.2) is 18.0 Å². The first kappa shape index (κ1) is 18.6. The van der Waals surface area contributed by atoms with Crippen LogP contribution in [0.15, 0.2) is 42.5 Å². The van der Waals surface area contributed by atoms with E-state index in [1.54, 1.807) is 30.3 Å². The third-order valence-electron chi connectivity index (χ3n) is 4.94. The second kappa shape index (κ2) is 8.08. The Labute approximate surface area is 167 Å². The summed E-state index contributed by atoms with van der Waals surface area (Å²) in [6.07, 6.45) is 0. The minimum absolute atomic E-state index is 0.0298. The van der Waals surface area contributed by atoms with Gasteiger partial charge in [0.1, 0.15) is 0 Å². The first-order valence-corrected chi connectivity index (χ1v) is 9.55. The van der Waals surface area contributed by atoms with Gasteiger partial charge in [0.05, 0.1) is 36.9 Å². The summed E-state index contributed by atoms with van der Waals surface area (Å²) in [7, 11) is 0. The third kappa shape index (κ3) is 4.05. The van der Waals surface area contributed by atoms with E-state index in [-0.39, 0.29) is 18.6 Å². The maximum Gasteiger partial charge on any atom is 0.279 e. The van der Waals surface area contributed by atoms with Crippen LogP contribution in [0.3, 0.4) is 0 Å². The van der Waals surface area contributed by atoms with Crippen LogP contribution < -0.4 is 19.7 Å². The van der Waals surface area contributed by atoms with Crippen molar-refractivity contribution in [3.8, 4) is 11.5 Å². The molecule has 4 rings (SSSR count). The Morgan fingerprint density at radius 2 is 1.82 bits per heavy atom. The lowest BCUT2D eigenvalue weighted by atomic mass is 10.1. The highest BCUT2D eigenvalue weighted by Crippen LogP contribution is 2.32. The van der Waals surface area contributed by atoms with E-state index in [1.807, 2.05) is 17.0 Å². The van der Waals surface area contributed by atoms with Crippen molar-refractivity contribution in [3.05, 3.63) is 53.1 Å². The third-order valence-corrected chi connectivity index (χ3v) is 5.27. The predicted molar refractivity (Wildman–Crippen MR) is 104 cm³/mol. The van der Waals surface area contributed by atoms with Crippen LogP contribution in [0.1, 0.15) is 10.4 Å². The minimum atomic E-state index is -0.0846. The number of carbonyl (C=O) groups excluding carboxylic acids is 2. The summed E-state index contributed by atoms with van der Waals surface area (Å²) in [4.78, 5) is 28.0. The molecule has 2 aliphatic rings. The fourth-order valence-corrected chi connectivity index (χ4v) is 3.58. The van der Waals surface area contributed by atoms with Crippen molar-refractivity contribution in [1.29, 1.82) is 0 Å². The molecule has 2 N–H and O–H groups in total. The summed E-state index contributed by atoms with van der Waals surface area (Å²) in [5.74, 6) is 1.15. The first-order valence-electron chi connectivity index (χ1n) is 9.17. The zero-order valence-corrected chi connectivity index (χ0v) is 16.0.